The van der Waals surface area contributed by atoms with E-state index < -0.39 is 0 Å². The largest absolute Gasteiger partial charge is 0.311 e. The summed E-state index contributed by atoms with van der Waals surface area (Å²) in [5.74, 6) is 0.752. The highest BCUT2D eigenvalue weighted by Crippen LogP contribution is 2.36. The van der Waals surface area contributed by atoms with Gasteiger partial charge in [-0.05, 0) is 43.2 Å². The first-order valence-corrected chi connectivity index (χ1v) is 5.58. The smallest absolute Gasteiger partial charge is 0.0302 e. The van der Waals surface area contributed by atoms with E-state index in [0.717, 1.165) is 18.0 Å². The Bertz CT molecular complexity index is 297. The van der Waals surface area contributed by atoms with Crippen LogP contribution in [0.15, 0.2) is 24.5 Å². The maximum atomic E-state index is 4.21. The Hall–Kier alpha value is -0.890. The lowest BCUT2D eigenvalue weighted by molar-refractivity contribution is 0.363. The van der Waals surface area contributed by atoms with Gasteiger partial charge in [-0.2, -0.15) is 0 Å². The van der Waals surface area contributed by atoms with Crippen molar-refractivity contribution in [1.82, 2.24) is 10.3 Å². The van der Waals surface area contributed by atoms with Gasteiger partial charge in [0.15, 0.2) is 0 Å². The highest BCUT2D eigenvalue weighted by molar-refractivity contribution is 5.17. The van der Waals surface area contributed by atoms with Crippen LogP contribution in [0.1, 0.15) is 37.2 Å². The average molecular weight is 188 g/mol. The molecule has 2 aliphatic heterocycles. The van der Waals surface area contributed by atoms with Gasteiger partial charge in [-0.1, -0.05) is 6.07 Å². The van der Waals surface area contributed by atoms with Gasteiger partial charge in [-0.3, -0.25) is 4.98 Å². The molecular formula is C12H16N2. The second-order valence-corrected chi connectivity index (χ2v) is 4.59. The summed E-state index contributed by atoms with van der Waals surface area (Å²) >= 11 is 0. The normalized spacial score (nSPS) is 35.9. The predicted octanol–water partition coefficient (Wildman–Crippen LogP) is 2.08. The molecule has 2 nitrogen and oxygen atoms in total. The van der Waals surface area contributed by atoms with Crippen molar-refractivity contribution in [3.8, 4) is 0 Å². The molecule has 2 aliphatic rings. The van der Waals surface area contributed by atoms with Crippen LogP contribution in [0.25, 0.3) is 0 Å². The van der Waals surface area contributed by atoms with E-state index in [1.165, 1.54) is 31.2 Å². The molecule has 2 fully saturated rings. The number of hydrogen-bond donors (Lipinski definition) is 1. The fourth-order valence-corrected chi connectivity index (χ4v) is 2.95. The maximum absolute atomic E-state index is 4.21. The summed E-state index contributed by atoms with van der Waals surface area (Å²) in [5.41, 5.74) is 1.44. The molecule has 1 N–H and O–H groups in total. The lowest BCUT2D eigenvalue weighted by Gasteiger charge is -2.29. The molecule has 2 heteroatoms. The molecule has 1 aromatic heterocycles. The van der Waals surface area contributed by atoms with E-state index in [1.54, 1.807) is 0 Å². The molecule has 0 aliphatic carbocycles. The Kier molecular flexibility index (Phi) is 2.02. The first kappa shape index (κ1) is 8.42. The summed E-state index contributed by atoms with van der Waals surface area (Å²) < 4.78 is 0. The quantitative estimate of drug-likeness (QED) is 0.730. The number of rotatable bonds is 1. The van der Waals surface area contributed by atoms with Crippen molar-refractivity contribution in [3.05, 3.63) is 30.1 Å². The van der Waals surface area contributed by atoms with Crippen LogP contribution in [0.5, 0.6) is 0 Å². The summed E-state index contributed by atoms with van der Waals surface area (Å²) in [6, 6.07) is 5.83. The molecule has 1 unspecified atom stereocenters. The third-order valence-corrected chi connectivity index (χ3v) is 3.63. The minimum Gasteiger partial charge on any atom is -0.311 e. The van der Waals surface area contributed by atoms with E-state index >= 15 is 0 Å². The molecule has 2 saturated heterocycles. The fourth-order valence-electron chi connectivity index (χ4n) is 2.95. The van der Waals surface area contributed by atoms with E-state index in [4.69, 9.17) is 0 Å². The topological polar surface area (TPSA) is 24.9 Å². The van der Waals surface area contributed by atoms with Gasteiger partial charge in [0.25, 0.3) is 0 Å². The van der Waals surface area contributed by atoms with Crippen molar-refractivity contribution in [2.24, 2.45) is 0 Å². The number of nitrogens with one attached hydrogen (secondary N) is 1. The zero-order valence-electron chi connectivity index (χ0n) is 8.32. The predicted molar refractivity (Wildman–Crippen MR) is 56.2 cm³/mol. The van der Waals surface area contributed by atoms with E-state index in [0.29, 0.717) is 0 Å². The van der Waals surface area contributed by atoms with Gasteiger partial charge in [0.2, 0.25) is 0 Å². The van der Waals surface area contributed by atoms with Crippen LogP contribution < -0.4 is 5.32 Å². The van der Waals surface area contributed by atoms with Crippen molar-refractivity contribution in [1.29, 1.82) is 0 Å². The molecule has 0 radical (unpaired) electrons. The van der Waals surface area contributed by atoms with Crippen LogP contribution in [0.2, 0.25) is 0 Å². The summed E-state index contributed by atoms with van der Waals surface area (Å²) in [7, 11) is 0. The second-order valence-electron chi connectivity index (χ2n) is 4.59. The second kappa shape index (κ2) is 3.35. The standard InChI is InChI=1S/C12H16N2/c1-2-9(8-13-5-1)10-6-11-3-4-12(7-10)14-11/h1-2,5,8,10-12,14H,3-4,6-7H2/t10?,11-,12+. The Balaban J connectivity index is 1.81. The molecule has 0 aromatic carbocycles. The van der Waals surface area contributed by atoms with Gasteiger partial charge in [-0.15, -0.1) is 0 Å². The minimum atomic E-state index is 0.752. The van der Waals surface area contributed by atoms with E-state index in [2.05, 4.69) is 22.4 Å². The highest BCUT2D eigenvalue weighted by atomic mass is 15.0. The first-order valence-electron chi connectivity index (χ1n) is 5.58. The third kappa shape index (κ3) is 1.44. The van der Waals surface area contributed by atoms with E-state index in [1.807, 2.05) is 12.4 Å². The molecule has 3 rings (SSSR count). The van der Waals surface area contributed by atoms with Crippen LogP contribution in [0.3, 0.4) is 0 Å². The molecule has 3 heterocycles. The van der Waals surface area contributed by atoms with Gasteiger partial charge >= 0.3 is 0 Å². The van der Waals surface area contributed by atoms with Crippen molar-refractivity contribution in [2.45, 2.75) is 43.7 Å². The zero-order valence-corrected chi connectivity index (χ0v) is 8.32. The number of aromatic nitrogens is 1. The average Bonchev–Trinajstić information content (AvgIpc) is 2.59. The monoisotopic (exact) mass is 188 g/mol. The molecule has 74 valence electrons. The lowest BCUT2D eigenvalue weighted by Crippen LogP contribution is -2.37. The molecule has 14 heavy (non-hydrogen) atoms. The molecule has 0 spiro atoms. The summed E-state index contributed by atoms with van der Waals surface area (Å²) in [6.07, 6.45) is 9.27. The Morgan fingerprint density at radius 3 is 2.64 bits per heavy atom. The molecule has 0 amide bonds. The number of fused-ring (bicyclic) bond motifs is 2. The Labute approximate surface area is 84.7 Å². The van der Waals surface area contributed by atoms with Crippen LogP contribution >= 0.6 is 0 Å². The molecule has 1 aromatic rings. The summed E-state index contributed by atoms with van der Waals surface area (Å²) in [4.78, 5) is 4.21. The maximum Gasteiger partial charge on any atom is 0.0302 e. The number of piperidine rings is 1. The van der Waals surface area contributed by atoms with Crippen molar-refractivity contribution >= 4 is 0 Å². The van der Waals surface area contributed by atoms with Gasteiger partial charge in [-0.25, -0.2) is 0 Å². The first-order chi connectivity index (χ1) is 6.92. The van der Waals surface area contributed by atoms with Gasteiger partial charge in [0, 0.05) is 24.5 Å². The molecule has 3 atom stereocenters. The van der Waals surface area contributed by atoms with E-state index in [9.17, 15) is 0 Å². The minimum absolute atomic E-state index is 0.752. The Morgan fingerprint density at radius 2 is 2.00 bits per heavy atom. The van der Waals surface area contributed by atoms with Crippen LogP contribution in [-0.2, 0) is 0 Å². The lowest BCUT2D eigenvalue weighted by atomic mass is 9.87. The van der Waals surface area contributed by atoms with Crippen molar-refractivity contribution in [2.75, 3.05) is 0 Å². The molecule has 2 bridgehead atoms. The Morgan fingerprint density at radius 1 is 1.21 bits per heavy atom. The summed E-state index contributed by atoms with van der Waals surface area (Å²) in [5, 5.41) is 3.67. The van der Waals surface area contributed by atoms with Crippen LogP contribution in [0, 0.1) is 0 Å². The fraction of sp³-hybridized carbons (Fsp3) is 0.583. The zero-order chi connectivity index (χ0) is 9.38. The van der Waals surface area contributed by atoms with Crippen LogP contribution in [-0.4, -0.2) is 17.1 Å². The highest BCUT2D eigenvalue weighted by Gasteiger charge is 2.33. The number of pyridine rings is 1. The van der Waals surface area contributed by atoms with Crippen molar-refractivity contribution < 1.29 is 0 Å². The van der Waals surface area contributed by atoms with Gasteiger partial charge < -0.3 is 5.32 Å². The van der Waals surface area contributed by atoms with Crippen molar-refractivity contribution in [3.63, 3.8) is 0 Å². The molecular weight excluding hydrogens is 172 g/mol. The van der Waals surface area contributed by atoms with Crippen LogP contribution in [0.4, 0.5) is 0 Å². The van der Waals surface area contributed by atoms with Gasteiger partial charge in [0.1, 0.15) is 0 Å². The SMILES string of the molecule is c1cncc(C2C[C@H]3CC[C@@H](C2)N3)c1. The summed E-state index contributed by atoms with van der Waals surface area (Å²) in [6.45, 7) is 0. The van der Waals surface area contributed by atoms with E-state index in [-0.39, 0.29) is 0 Å². The number of nitrogens with zero attached hydrogens (tertiary/aromatic N) is 1. The number of hydrogen-bond acceptors (Lipinski definition) is 2. The van der Waals surface area contributed by atoms with Gasteiger partial charge in [0.05, 0.1) is 0 Å². The third-order valence-electron chi connectivity index (χ3n) is 3.63. The molecule has 0 saturated carbocycles.